The van der Waals surface area contributed by atoms with E-state index in [4.69, 9.17) is 14.9 Å². The fourth-order valence-electron chi connectivity index (χ4n) is 0.878. The lowest BCUT2D eigenvalue weighted by atomic mass is 10.1. The van der Waals surface area contributed by atoms with E-state index in [0.29, 0.717) is 0 Å². The molecule has 0 amide bonds. The zero-order valence-electron chi connectivity index (χ0n) is 9.05. The van der Waals surface area contributed by atoms with Gasteiger partial charge in [-0.3, -0.25) is 14.2 Å². The van der Waals surface area contributed by atoms with Gasteiger partial charge in [-0.25, -0.2) is 9.36 Å². The largest absolute Gasteiger partial charge is 0.527 e. The molecule has 0 aliphatic carbocycles. The quantitative estimate of drug-likeness (QED) is 0.264. The van der Waals surface area contributed by atoms with Gasteiger partial charge >= 0.3 is 13.8 Å². The smallest absolute Gasteiger partial charge is 0.389 e. The lowest BCUT2D eigenvalue weighted by molar-refractivity contribution is -0.155. The molecule has 0 heterocycles. The Kier molecular flexibility index (Phi) is 7.95. The van der Waals surface area contributed by atoms with E-state index in [9.17, 15) is 24.0 Å². The number of carbonyl (C=O) groups excluding carboxylic acids is 1. The molecule has 0 saturated heterocycles. The summed E-state index contributed by atoms with van der Waals surface area (Å²) in [5.74, 6) is -1.86. The van der Waals surface area contributed by atoms with Crippen LogP contribution in [0.15, 0.2) is 0 Å². The molecule has 0 aromatic rings. The van der Waals surface area contributed by atoms with Crippen LogP contribution in [0.5, 0.6) is 0 Å². The van der Waals surface area contributed by atoms with Gasteiger partial charge in [0.25, 0.3) is 0 Å². The Hall–Kier alpha value is -0.220. The third-order valence-corrected chi connectivity index (χ3v) is 3.12. The van der Waals surface area contributed by atoms with Gasteiger partial charge in [-0.15, -0.1) is 0 Å². The Morgan fingerprint density at radius 1 is 1.33 bits per heavy atom. The average Bonchev–Trinajstić information content (AvgIpc) is 2.24. The molecule has 0 unspecified atom stereocenters. The highest BCUT2D eigenvalue weighted by Crippen LogP contribution is 2.36. The highest BCUT2D eigenvalue weighted by atomic mass is 32.2. The van der Waals surface area contributed by atoms with E-state index in [1.54, 1.807) is 0 Å². The van der Waals surface area contributed by atoms with Crippen molar-refractivity contribution in [1.82, 2.24) is 0 Å². The van der Waals surface area contributed by atoms with E-state index >= 15 is 0 Å². The van der Waals surface area contributed by atoms with Gasteiger partial charge in [-0.05, 0) is 0 Å². The molecule has 108 valence electrons. The number of halogens is 1. The van der Waals surface area contributed by atoms with Crippen molar-refractivity contribution in [3.63, 3.8) is 0 Å². The van der Waals surface area contributed by atoms with Crippen LogP contribution >= 0.6 is 19.6 Å². The first-order valence-electron chi connectivity index (χ1n) is 4.66. The molecule has 0 bridgehead atoms. The summed E-state index contributed by atoms with van der Waals surface area (Å²) < 4.78 is 25.6. The summed E-state index contributed by atoms with van der Waals surface area (Å²) in [6.45, 7) is -0.643. The van der Waals surface area contributed by atoms with Crippen LogP contribution in [-0.4, -0.2) is 67.6 Å². The molecular weight excluding hydrogens is 294 g/mol. The molecule has 18 heavy (non-hydrogen) atoms. The maximum absolute atomic E-state index is 11.7. The summed E-state index contributed by atoms with van der Waals surface area (Å²) in [5, 5.41) is 27.8. The first kappa shape index (κ1) is 17.8. The fourth-order valence-corrected chi connectivity index (χ4v) is 1.94. The minimum atomic E-state index is -5.13. The summed E-state index contributed by atoms with van der Waals surface area (Å²) >= 11 is 0.930. The number of alkyl halides is 1. The zero-order chi connectivity index (χ0) is 14.3. The second-order valence-corrected chi connectivity index (χ2v) is 5.48. The normalized spacial score (nSPS) is 17.0. The SMILES string of the molecule is O=C(OP(=O)(O)O)[C@H](O)[C@H](O)[C@H](O)CSCCF. The minimum Gasteiger partial charge on any atom is -0.389 e. The molecule has 0 aromatic heterocycles. The van der Waals surface area contributed by atoms with Gasteiger partial charge in [-0.1, -0.05) is 0 Å². The van der Waals surface area contributed by atoms with Crippen molar-refractivity contribution in [2.24, 2.45) is 0 Å². The van der Waals surface area contributed by atoms with Crippen LogP contribution in [0, 0.1) is 0 Å². The lowest BCUT2D eigenvalue weighted by Crippen LogP contribution is -2.43. The number of carbonyl (C=O) groups is 1. The van der Waals surface area contributed by atoms with E-state index in [1.165, 1.54) is 0 Å². The van der Waals surface area contributed by atoms with Gasteiger partial charge in [-0.2, -0.15) is 11.8 Å². The molecule has 3 atom stereocenters. The van der Waals surface area contributed by atoms with Gasteiger partial charge < -0.3 is 19.8 Å². The summed E-state index contributed by atoms with van der Waals surface area (Å²) in [6.07, 6.45) is -5.87. The number of aliphatic hydroxyl groups excluding tert-OH is 3. The van der Waals surface area contributed by atoms with E-state index in [2.05, 4.69) is 4.52 Å². The van der Waals surface area contributed by atoms with Crippen LogP contribution in [0.2, 0.25) is 0 Å². The molecule has 0 rings (SSSR count). The van der Waals surface area contributed by atoms with Crippen LogP contribution in [-0.2, 0) is 13.9 Å². The van der Waals surface area contributed by atoms with Gasteiger partial charge in [0.15, 0.2) is 6.10 Å². The van der Waals surface area contributed by atoms with E-state index < -0.39 is 38.8 Å². The number of aliphatic hydroxyl groups is 3. The summed E-state index contributed by atoms with van der Waals surface area (Å²) in [4.78, 5) is 27.5. The second-order valence-electron chi connectivity index (χ2n) is 3.17. The maximum atomic E-state index is 11.7. The first-order chi connectivity index (χ1) is 8.19. The van der Waals surface area contributed by atoms with Crippen molar-refractivity contribution in [2.45, 2.75) is 18.3 Å². The van der Waals surface area contributed by atoms with Crippen LogP contribution in [0.1, 0.15) is 0 Å². The molecule has 0 spiro atoms. The molecular formula is C7H14FO8PS. The molecule has 11 heteroatoms. The average molecular weight is 308 g/mol. The molecule has 0 fully saturated rings. The Bertz CT molecular complexity index is 310. The molecule has 8 nitrogen and oxygen atoms in total. The maximum Gasteiger partial charge on any atom is 0.527 e. The third-order valence-electron chi connectivity index (χ3n) is 1.68. The van der Waals surface area contributed by atoms with Crippen LogP contribution in [0.25, 0.3) is 0 Å². The number of rotatable bonds is 8. The molecule has 0 aromatic carbocycles. The predicted molar refractivity (Wildman–Crippen MR) is 59.5 cm³/mol. The fraction of sp³-hybridized carbons (Fsp3) is 0.857. The van der Waals surface area contributed by atoms with Crippen LogP contribution in [0.3, 0.4) is 0 Å². The number of phosphoric acid groups is 1. The van der Waals surface area contributed by atoms with Crippen molar-refractivity contribution in [3.05, 3.63) is 0 Å². The first-order valence-corrected chi connectivity index (χ1v) is 7.34. The summed E-state index contributed by atoms with van der Waals surface area (Å²) in [5.41, 5.74) is 0. The van der Waals surface area contributed by atoms with Crippen LogP contribution in [0.4, 0.5) is 4.39 Å². The Balaban J connectivity index is 4.27. The van der Waals surface area contributed by atoms with Crippen molar-refractivity contribution in [2.75, 3.05) is 18.2 Å². The molecule has 0 aliphatic heterocycles. The number of thioether (sulfide) groups is 1. The monoisotopic (exact) mass is 308 g/mol. The van der Waals surface area contributed by atoms with E-state index in [0.717, 1.165) is 11.8 Å². The molecule has 0 aliphatic rings. The molecule has 5 N–H and O–H groups in total. The van der Waals surface area contributed by atoms with Crippen molar-refractivity contribution >= 4 is 25.6 Å². The number of phosphoric ester groups is 1. The minimum absolute atomic E-state index is 0.0623. The number of hydrogen-bond donors (Lipinski definition) is 5. The lowest BCUT2D eigenvalue weighted by Gasteiger charge is -2.21. The van der Waals surface area contributed by atoms with E-state index in [1.807, 2.05) is 0 Å². The zero-order valence-corrected chi connectivity index (χ0v) is 10.8. The summed E-state index contributed by atoms with van der Waals surface area (Å²) in [7, 11) is -5.13. The van der Waals surface area contributed by atoms with Gasteiger partial charge in [0.05, 0.1) is 12.8 Å². The van der Waals surface area contributed by atoms with Crippen molar-refractivity contribution in [1.29, 1.82) is 0 Å². The van der Waals surface area contributed by atoms with Gasteiger partial charge in [0, 0.05) is 11.5 Å². The molecule has 0 radical (unpaired) electrons. The van der Waals surface area contributed by atoms with Crippen LogP contribution < -0.4 is 0 Å². The number of hydrogen-bond acceptors (Lipinski definition) is 7. The molecule has 0 saturated carbocycles. The van der Waals surface area contributed by atoms with E-state index in [-0.39, 0.29) is 11.5 Å². The summed E-state index contributed by atoms with van der Waals surface area (Å²) in [6, 6.07) is 0. The highest BCUT2D eigenvalue weighted by molar-refractivity contribution is 7.99. The van der Waals surface area contributed by atoms with Crippen molar-refractivity contribution < 1.29 is 43.4 Å². The van der Waals surface area contributed by atoms with Gasteiger partial charge in [0.2, 0.25) is 0 Å². The second kappa shape index (κ2) is 8.05. The third kappa shape index (κ3) is 7.27. The van der Waals surface area contributed by atoms with Crippen molar-refractivity contribution in [3.8, 4) is 0 Å². The standard InChI is InChI=1S/C7H14FO8PS/c8-1-2-18-3-4(9)5(10)6(11)7(12)16-17(13,14)15/h4-6,9-11H,1-3H2,(H2,13,14,15)/t4-,5-,6-/m1/s1. The Morgan fingerprint density at radius 2 is 1.89 bits per heavy atom. The topological polar surface area (TPSA) is 145 Å². The Morgan fingerprint density at radius 3 is 2.33 bits per heavy atom. The highest BCUT2D eigenvalue weighted by Gasteiger charge is 2.34. The Labute approximate surface area is 106 Å². The van der Waals surface area contributed by atoms with Gasteiger partial charge in [0.1, 0.15) is 6.10 Å². The predicted octanol–water partition coefficient (Wildman–Crippen LogP) is -1.59.